The molecule has 3 amide bonds. The van der Waals surface area contributed by atoms with Crippen LogP contribution in [0.15, 0.2) is 71.5 Å². The molecule has 5 rings (SSSR count). The van der Waals surface area contributed by atoms with Crippen LogP contribution in [0.4, 0.5) is 22.1 Å². The van der Waals surface area contributed by atoms with Crippen LogP contribution in [0.1, 0.15) is 23.7 Å². The first-order valence-electron chi connectivity index (χ1n) is 13.1. The van der Waals surface area contributed by atoms with Gasteiger partial charge in [0.2, 0.25) is 11.9 Å². The summed E-state index contributed by atoms with van der Waals surface area (Å²) in [7, 11) is 1.61. The van der Waals surface area contributed by atoms with E-state index in [-0.39, 0.29) is 18.0 Å². The van der Waals surface area contributed by atoms with Crippen molar-refractivity contribution in [2.75, 3.05) is 29.6 Å². The number of fused-ring (bicyclic) bond motifs is 1. The first-order valence-corrected chi connectivity index (χ1v) is 13.9. The Labute approximate surface area is 252 Å². The number of methoxy groups -OCH3 is 1. The van der Waals surface area contributed by atoms with Crippen molar-refractivity contribution in [3.05, 3.63) is 104 Å². The first kappa shape index (κ1) is 29.0. The molecule has 3 N–H and O–H groups in total. The molecule has 3 aromatic carbocycles. The number of hydrogen-bond donors (Lipinski definition) is 3. The summed E-state index contributed by atoms with van der Waals surface area (Å²) in [6, 6.07) is 18.9. The number of anilines is 3. The van der Waals surface area contributed by atoms with Crippen LogP contribution in [0.5, 0.6) is 5.75 Å². The van der Waals surface area contributed by atoms with Gasteiger partial charge in [-0.05, 0) is 60.2 Å². The number of amides is 3. The summed E-state index contributed by atoms with van der Waals surface area (Å²) in [6.07, 6.45) is 0.395. The van der Waals surface area contributed by atoms with Gasteiger partial charge in [-0.25, -0.2) is 14.3 Å². The number of carbonyl (C=O) groups is 2. The Hall–Kier alpha value is -4.54. The van der Waals surface area contributed by atoms with E-state index in [0.29, 0.717) is 63.8 Å². The van der Waals surface area contributed by atoms with Gasteiger partial charge < -0.3 is 25.6 Å². The number of hydrogen-bond acceptors (Lipinski definition) is 6. The number of nitrogens with one attached hydrogen (secondary N) is 3. The highest BCUT2D eigenvalue weighted by molar-refractivity contribution is 6.36. The molecule has 0 atom stereocenters. The van der Waals surface area contributed by atoms with E-state index in [2.05, 4.69) is 16.0 Å². The van der Waals surface area contributed by atoms with Gasteiger partial charge in [0.15, 0.2) is 0 Å². The molecule has 0 aliphatic carbocycles. The van der Waals surface area contributed by atoms with Gasteiger partial charge >= 0.3 is 6.03 Å². The van der Waals surface area contributed by atoms with Crippen molar-refractivity contribution in [2.45, 2.75) is 26.4 Å². The van der Waals surface area contributed by atoms with Gasteiger partial charge in [-0.2, -0.15) is 0 Å². The van der Waals surface area contributed by atoms with Crippen molar-refractivity contribution in [1.82, 2.24) is 14.5 Å². The molecule has 1 aromatic heterocycles. The summed E-state index contributed by atoms with van der Waals surface area (Å²) in [5.74, 6) is 0.914. The smallest absolute Gasteiger partial charge is 0.322 e. The van der Waals surface area contributed by atoms with Gasteiger partial charge in [0.05, 0.1) is 41.3 Å². The molecule has 0 bridgehead atoms. The van der Waals surface area contributed by atoms with Gasteiger partial charge in [0, 0.05) is 37.1 Å². The van der Waals surface area contributed by atoms with Gasteiger partial charge in [0.25, 0.3) is 5.56 Å². The maximum atomic E-state index is 14.0. The zero-order chi connectivity index (χ0) is 29.8. The second-order valence-electron chi connectivity index (χ2n) is 9.66. The Morgan fingerprint density at radius 1 is 1.00 bits per heavy atom. The van der Waals surface area contributed by atoms with Crippen LogP contribution in [0.25, 0.3) is 5.69 Å². The fourth-order valence-electron chi connectivity index (χ4n) is 4.61. The van der Waals surface area contributed by atoms with E-state index >= 15 is 0 Å². The fourth-order valence-corrected chi connectivity index (χ4v) is 5.07. The molecule has 1 aliphatic rings. The van der Waals surface area contributed by atoms with E-state index in [1.807, 2.05) is 24.3 Å². The summed E-state index contributed by atoms with van der Waals surface area (Å²) in [4.78, 5) is 45.0. The monoisotopic (exact) mass is 606 g/mol. The lowest BCUT2D eigenvalue weighted by atomic mass is 10.1. The third-order valence-electron chi connectivity index (χ3n) is 6.75. The number of carbonyl (C=O) groups excluding carboxylic acids is 2. The van der Waals surface area contributed by atoms with Gasteiger partial charge in [-0.1, -0.05) is 35.3 Å². The summed E-state index contributed by atoms with van der Waals surface area (Å²) in [6.45, 7) is 2.27. The van der Waals surface area contributed by atoms with E-state index in [0.717, 1.165) is 11.3 Å². The first-order chi connectivity index (χ1) is 20.2. The largest absolute Gasteiger partial charge is 0.497 e. The maximum absolute atomic E-state index is 14.0. The SMILES string of the molecule is COc1ccc(CNc2nc3c(c(=O)n2-c2ccc(NC(C)=O)cc2)CN(C(=O)Nc2ccc(Cl)cc2Cl)CC3)cc1. The molecule has 0 saturated heterocycles. The quantitative estimate of drug-likeness (QED) is 0.248. The molecule has 12 heteroatoms. The number of rotatable bonds is 7. The maximum Gasteiger partial charge on any atom is 0.322 e. The molecular formula is C30H28Cl2N6O4. The van der Waals surface area contributed by atoms with Crippen molar-refractivity contribution >= 4 is 52.5 Å². The van der Waals surface area contributed by atoms with Crippen molar-refractivity contribution in [3.8, 4) is 11.4 Å². The predicted molar refractivity (Wildman–Crippen MR) is 164 cm³/mol. The molecule has 0 saturated carbocycles. The van der Waals surface area contributed by atoms with Crippen LogP contribution in [0, 0.1) is 0 Å². The molecule has 4 aromatic rings. The molecule has 0 spiro atoms. The summed E-state index contributed by atoms with van der Waals surface area (Å²) in [5, 5.41) is 9.60. The lowest BCUT2D eigenvalue weighted by molar-refractivity contribution is -0.114. The van der Waals surface area contributed by atoms with E-state index in [9.17, 15) is 14.4 Å². The Bertz CT molecular complexity index is 1690. The number of halogens is 2. The highest BCUT2D eigenvalue weighted by Crippen LogP contribution is 2.27. The lowest BCUT2D eigenvalue weighted by Crippen LogP contribution is -2.43. The minimum absolute atomic E-state index is 0.0704. The van der Waals surface area contributed by atoms with E-state index in [4.69, 9.17) is 32.9 Å². The third kappa shape index (κ3) is 6.50. The summed E-state index contributed by atoms with van der Waals surface area (Å²) < 4.78 is 6.72. The topological polar surface area (TPSA) is 118 Å². The number of ether oxygens (including phenoxy) is 1. The van der Waals surface area contributed by atoms with E-state index in [1.54, 1.807) is 54.5 Å². The predicted octanol–water partition coefficient (Wildman–Crippen LogP) is 5.71. The van der Waals surface area contributed by atoms with E-state index in [1.165, 1.54) is 11.5 Å². The highest BCUT2D eigenvalue weighted by Gasteiger charge is 2.27. The summed E-state index contributed by atoms with van der Waals surface area (Å²) in [5.41, 5.74) is 3.28. The van der Waals surface area contributed by atoms with Crippen molar-refractivity contribution in [1.29, 1.82) is 0 Å². The van der Waals surface area contributed by atoms with Gasteiger partial charge in [-0.3, -0.25) is 9.59 Å². The Kier molecular flexibility index (Phi) is 8.65. The van der Waals surface area contributed by atoms with Crippen LogP contribution in [0.2, 0.25) is 10.0 Å². The third-order valence-corrected chi connectivity index (χ3v) is 7.29. The molecule has 10 nitrogen and oxygen atoms in total. The molecule has 42 heavy (non-hydrogen) atoms. The van der Waals surface area contributed by atoms with Crippen LogP contribution in [0.3, 0.4) is 0 Å². The summed E-state index contributed by atoms with van der Waals surface area (Å²) >= 11 is 12.2. The van der Waals surface area contributed by atoms with E-state index < -0.39 is 6.03 Å². The second kappa shape index (κ2) is 12.5. The minimum Gasteiger partial charge on any atom is -0.497 e. The standard InChI is InChI=1S/C30H28Cl2N6O4/c1-18(39)34-21-6-8-22(9-7-21)38-28(40)24-17-37(30(41)36-27-12-5-20(31)15-25(27)32)14-13-26(24)35-29(38)33-16-19-3-10-23(42-2)11-4-19/h3-12,15H,13-14,16-17H2,1-2H3,(H,33,35)(H,34,39)(H,36,41). The molecule has 0 fully saturated rings. The number of benzene rings is 3. The molecule has 0 radical (unpaired) electrons. The molecule has 0 unspecified atom stereocenters. The Morgan fingerprint density at radius 2 is 1.74 bits per heavy atom. The second-order valence-corrected chi connectivity index (χ2v) is 10.5. The number of aromatic nitrogens is 2. The van der Waals surface area contributed by atoms with Crippen molar-refractivity contribution in [2.24, 2.45) is 0 Å². The molecular weight excluding hydrogens is 579 g/mol. The number of urea groups is 1. The van der Waals surface area contributed by atoms with Crippen LogP contribution < -0.4 is 26.2 Å². The van der Waals surface area contributed by atoms with Crippen molar-refractivity contribution in [3.63, 3.8) is 0 Å². The Morgan fingerprint density at radius 3 is 2.40 bits per heavy atom. The molecule has 1 aliphatic heterocycles. The average Bonchev–Trinajstić information content (AvgIpc) is 2.98. The van der Waals surface area contributed by atoms with Crippen LogP contribution in [-0.2, 0) is 24.3 Å². The molecule has 2 heterocycles. The van der Waals surface area contributed by atoms with Gasteiger partial charge in [-0.15, -0.1) is 0 Å². The fraction of sp³-hybridized carbons (Fsp3) is 0.200. The van der Waals surface area contributed by atoms with Crippen molar-refractivity contribution < 1.29 is 14.3 Å². The normalized spacial score (nSPS) is 12.3. The Balaban J connectivity index is 1.46. The zero-order valence-electron chi connectivity index (χ0n) is 22.9. The minimum atomic E-state index is -0.391. The average molecular weight is 607 g/mol. The molecule has 216 valence electrons. The van der Waals surface area contributed by atoms with Crippen LogP contribution in [-0.4, -0.2) is 40.0 Å². The zero-order valence-corrected chi connectivity index (χ0v) is 24.4. The lowest BCUT2D eigenvalue weighted by Gasteiger charge is -2.29. The van der Waals surface area contributed by atoms with Gasteiger partial charge in [0.1, 0.15) is 5.75 Å². The number of nitrogens with zero attached hydrogens (tertiary/aromatic N) is 3. The van der Waals surface area contributed by atoms with Crippen LogP contribution >= 0.6 is 23.2 Å². The highest BCUT2D eigenvalue weighted by atomic mass is 35.5.